The van der Waals surface area contributed by atoms with E-state index < -0.39 is 10.0 Å². The summed E-state index contributed by atoms with van der Waals surface area (Å²) < 4.78 is 25.1. The van der Waals surface area contributed by atoms with Crippen molar-refractivity contribution in [3.8, 4) is 0 Å². The molecule has 0 saturated carbocycles. The van der Waals surface area contributed by atoms with Crippen molar-refractivity contribution in [2.75, 3.05) is 31.6 Å². The Morgan fingerprint density at radius 3 is 2.36 bits per heavy atom. The molecule has 0 aromatic heterocycles. The summed E-state index contributed by atoms with van der Waals surface area (Å²) >= 11 is 0. The molecular formula is C18H23N3O3S. The number of nitrogens with zero attached hydrogens (tertiary/aromatic N) is 1. The quantitative estimate of drug-likeness (QED) is 0.792. The van der Waals surface area contributed by atoms with Gasteiger partial charge in [-0.1, -0.05) is 36.4 Å². The average molecular weight is 361 g/mol. The lowest BCUT2D eigenvalue weighted by Crippen LogP contribution is -2.35. The van der Waals surface area contributed by atoms with Gasteiger partial charge in [0, 0.05) is 17.8 Å². The largest absolute Gasteiger partial charge is 0.344 e. The molecule has 0 aliphatic heterocycles. The summed E-state index contributed by atoms with van der Waals surface area (Å²) in [7, 11) is 0.496. The predicted molar refractivity (Wildman–Crippen MR) is 100 cm³/mol. The van der Waals surface area contributed by atoms with Crippen LogP contribution in [0.25, 0.3) is 0 Å². The summed E-state index contributed by atoms with van der Waals surface area (Å²) in [6, 6.07) is 16.0. The maximum absolute atomic E-state index is 12.6. The van der Waals surface area contributed by atoms with Crippen LogP contribution in [0.15, 0.2) is 54.6 Å². The molecule has 0 heterocycles. The van der Waals surface area contributed by atoms with E-state index in [0.29, 0.717) is 17.8 Å². The Bertz CT molecular complexity index is 820. The van der Waals surface area contributed by atoms with Gasteiger partial charge in [-0.3, -0.25) is 9.52 Å². The van der Waals surface area contributed by atoms with E-state index in [1.54, 1.807) is 18.2 Å². The minimum atomic E-state index is -3.39. The van der Waals surface area contributed by atoms with E-state index in [2.05, 4.69) is 10.0 Å². The summed E-state index contributed by atoms with van der Waals surface area (Å²) in [6.45, 7) is 0.650. The van der Waals surface area contributed by atoms with Crippen LogP contribution in [0.2, 0.25) is 0 Å². The van der Waals surface area contributed by atoms with Crippen LogP contribution >= 0.6 is 0 Å². The molecule has 2 aromatic carbocycles. The maximum atomic E-state index is 12.6. The Morgan fingerprint density at radius 1 is 1.08 bits per heavy atom. The first-order chi connectivity index (χ1) is 11.7. The zero-order chi connectivity index (χ0) is 18.4. The SMILES string of the molecule is CN(C)C[C@H](NC(=O)c1cccc(NS(C)(=O)=O)c1)c1ccccc1. The number of likely N-dealkylation sites (N-methyl/N-ethyl adjacent to an activating group) is 1. The van der Waals surface area contributed by atoms with Crippen molar-refractivity contribution in [1.82, 2.24) is 10.2 Å². The second-order valence-corrected chi connectivity index (χ2v) is 7.90. The molecule has 2 rings (SSSR count). The number of rotatable bonds is 7. The molecule has 6 nitrogen and oxygen atoms in total. The molecule has 1 atom stereocenters. The molecule has 0 bridgehead atoms. The number of hydrogen-bond donors (Lipinski definition) is 2. The third-order valence-corrected chi connectivity index (χ3v) is 4.09. The third kappa shape index (κ3) is 6.21. The second-order valence-electron chi connectivity index (χ2n) is 6.15. The number of benzene rings is 2. The molecule has 7 heteroatoms. The van der Waals surface area contributed by atoms with Crippen molar-refractivity contribution in [2.45, 2.75) is 6.04 Å². The van der Waals surface area contributed by atoms with Gasteiger partial charge >= 0.3 is 0 Å². The lowest BCUT2D eigenvalue weighted by Gasteiger charge is -2.23. The number of amides is 1. The van der Waals surface area contributed by atoms with Crippen molar-refractivity contribution < 1.29 is 13.2 Å². The standard InChI is InChI=1S/C18H23N3O3S/c1-21(2)13-17(14-8-5-4-6-9-14)19-18(22)15-10-7-11-16(12-15)20-25(3,23)24/h4-12,17,20H,13H2,1-3H3,(H,19,22)/t17-/m0/s1. The lowest BCUT2D eigenvalue weighted by molar-refractivity contribution is 0.0930. The van der Waals surface area contributed by atoms with Gasteiger partial charge < -0.3 is 10.2 Å². The minimum Gasteiger partial charge on any atom is -0.344 e. The number of carbonyl (C=O) groups is 1. The summed E-state index contributed by atoms with van der Waals surface area (Å²) in [5.74, 6) is -0.257. The highest BCUT2D eigenvalue weighted by Gasteiger charge is 2.17. The molecule has 0 spiro atoms. The molecular weight excluding hydrogens is 338 g/mol. The van der Waals surface area contributed by atoms with Gasteiger partial charge in [0.25, 0.3) is 5.91 Å². The van der Waals surface area contributed by atoms with Crippen molar-refractivity contribution in [2.24, 2.45) is 0 Å². The van der Waals surface area contributed by atoms with Crippen LogP contribution in [0, 0.1) is 0 Å². The fraction of sp³-hybridized carbons (Fsp3) is 0.278. The van der Waals surface area contributed by atoms with E-state index in [4.69, 9.17) is 0 Å². The second kappa shape index (κ2) is 8.13. The minimum absolute atomic E-state index is 0.171. The van der Waals surface area contributed by atoms with Crippen molar-refractivity contribution >= 4 is 21.6 Å². The number of hydrogen-bond acceptors (Lipinski definition) is 4. The van der Waals surface area contributed by atoms with Gasteiger partial charge in [0.1, 0.15) is 0 Å². The van der Waals surface area contributed by atoms with Crippen LogP contribution < -0.4 is 10.0 Å². The molecule has 0 fully saturated rings. The van der Waals surface area contributed by atoms with Crippen LogP contribution in [-0.4, -0.2) is 46.1 Å². The first-order valence-electron chi connectivity index (χ1n) is 7.83. The normalized spacial score (nSPS) is 12.6. The van der Waals surface area contributed by atoms with Gasteiger partial charge in [0.15, 0.2) is 0 Å². The average Bonchev–Trinajstić information content (AvgIpc) is 2.53. The topological polar surface area (TPSA) is 78.5 Å². The monoisotopic (exact) mass is 361 g/mol. The smallest absolute Gasteiger partial charge is 0.251 e. The lowest BCUT2D eigenvalue weighted by atomic mass is 10.1. The van der Waals surface area contributed by atoms with Crippen LogP contribution in [0.3, 0.4) is 0 Å². The molecule has 2 N–H and O–H groups in total. The summed E-state index contributed by atoms with van der Waals surface area (Å²) in [5, 5.41) is 3.01. The van der Waals surface area contributed by atoms with Crippen LogP contribution in [0.5, 0.6) is 0 Å². The molecule has 25 heavy (non-hydrogen) atoms. The summed E-state index contributed by atoms with van der Waals surface area (Å²) in [4.78, 5) is 14.6. The van der Waals surface area contributed by atoms with Gasteiger partial charge in [0.2, 0.25) is 10.0 Å². The fourth-order valence-corrected chi connectivity index (χ4v) is 3.02. The maximum Gasteiger partial charge on any atom is 0.251 e. The Balaban J connectivity index is 2.19. The molecule has 0 radical (unpaired) electrons. The van der Waals surface area contributed by atoms with Crippen molar-refractivity contribution in [1.29, 1.82) is 0 Å². The molecule has 134 valence electrons. The van der Waals surface area contributed by atoms with Gasteiger partial charge in [-0.25, -0.2) is 8.42 Å². The van der Waals surface area contributed by atoms with E-state index in [-0.39, 0.29) is 11.9 Å². The Labute approximate surface area is 148 Å². The van der Waals surface area contributed by atoms with Crippen molar-refractivity contribution in [3.05, 3.63) is 65.7 Å². The van der Waals surface area contributed by atoms with Gasteiger partial charge in [-0.2, -0.15) is 0 Å². The van der Waals surface area contributed by atoms with E-state index in [0.717, 1.165) is 11.8 Å². The van der Waals surface area contributed by atoms with Crippen molar-refractivity contribution in [3.63, 3.8) is 0 Å². The van der Waals surface area contributed by atoms with Crippen LogP contribution in [0.1, 0.15) is 22.0 Å². The number of nitrogens with one attached hydrogen (secondary N) is 2. The number of sulfonamides is 1. The zero-order valence-corrected chi connectivity index (χ0v) is 15.4. The first-order valence-corrected chi connectivity index (χ1v) is 9.72. The zero-order valence-electron chi connectivity index (χ0n) is 14.6. The number of carbonyl (C=O) groups excluding carboxylic acids is 1. The summed E-state index contributed by atoms with van der Waals surface area (Å²) in [5.41, 5.74) is 1.77. The Hall–Kier alpha value is -2.38. The van der Waals surface area contributed by atoms with E-state index in [1.807, 2.05) is 49.3 Å². The molecule has 0 aliphatic carbocycles. The molecule has 0 aliphatic rings. The van der Waals surface area contributed by atoms with Crippen LogP contribution in [0.4, 0.5) is 5.69 Å². The van der Waals surface area contributed by atoms with Crippen LogP contribution in [-0.2, 0) is 10.0 Å². The molecule has 1 amide bonds. The van der Waals surface area contributed by atoms with Gasteiger partial charge in [0.05, 0.1) is 12.3 Å². The van der Waals surface area contributed by atoms with E-state index in [1.165, 1.54) is 6.07 Å². The predicted octanol–water partition coefficient (Wildman–Crippen LogP) is 2.09. The van der Waals surface area contributed by atoms with Gasteiger partial charge in [-0.05, 0) is 37.9 Å². The third-order valence-electron chi connectivity index (χ3n) is 3.48. The summed E-state index contributed by atoms with van der Waals surface area (Å²) in [6.07, 6.45) is 1.07. The fourth-order valence-electron chi connectivity index (χ4n) is 2.46. The number of anilines is 1. The Kier molecular flexibility index (Phi) is 6.17. The molecule has 0 saturated heterocycles. The molecule has 2 aromatic rings. The highest BCUT2D eigenvalue weighted by atomic mass is 32.2. The Morgan fingerprint density at radius 2 is 1.76 bits per heavy atom. The van der Waals surface area contributed by atoms with Gasteiger partial charge in [-0.15, -0.1) is 0 Å². The van der Waals surface area contributed by atoms with E-state index >= 15 is 0 Å². The highest BCUT2D eigenvalue weighted by molar-refractivity contribution is 7.92. The van der Waals surface area contributed by atoms with E-state index in [9.17, 15) is 13.2 Å². The molecule has 0 unspecified atom stereocenters. The first kappa shape index (κ1) is 19.0. The highest BCUT2D eigenvalue weighted by Crippen LogP contribution is 2.16.